The Morgan fingerprint density at radius 1 is 0.971 bits per heavy atom. The lowest BCUT2D eigenvalue weighted by Gasteiger charge is -2.19. The molecule has 0 saturated heterocycles. The maximum absolute atomic E-state index is 10.9. The molecule has 1 aliphatic heterocycles. The standard InChI is InChI=1S/C28H26N2O5/c1-30-25-12-11-23(16-26(25)35-27(30)13-14-28(31)32)33-17-19-5-4-7-22(15-19)34-18-21-10-9-20-6-2-3-8-24(20)29-21/h2-12,15-16,27H,13-14,17-18H2,1H3,(H,31,32). The SMILES string of the molecule is CN1c2ccc(OCc3cccc(OCc4ccc5ccccc5n4)c3)cc2OC1CCC(=O)O. The van der Waals surface area contributed by atoms with Gasteiger partial charge in [0.2, 0.25) is 0 Å². The highest BCUT2D eigenvalue weighted by atomic mass is 16.5. The molecule has 1 unspecified atom stereocenters. The topological polar surface area (TPSA) is 81.1 Å². The number of benzene rings is 3. The molecule has 1 aliphatic rings. The van der Waals surface area contributed by atoms with Crippen molar-refractivity contribution < 1.29 is 24.1 Å². The number of hydrogen-bond acceptors (Lipinski definition) is 6. The molecule has 0 fully saturated rings. The smallest absolute Gasteiger partial charge is 0.303 e. The summed E-state index contributed by atoms with van der Waals surface area (Å²) in [6, 6.07) is 25.5. The van der Waals surface area contributed by atoms with Crippen LogP contribution in [-0.2, 0) is 18.0 Å². The monoisotopic (exact) mass is 470 g/mol. The van der Waals surface area contributed by atoms with Gasteiger partial charge in [0.1, 0.15) is 30.5 Å². The molecule has 7 heteroatoms. The number of anilines is 1. The number of carboxylic acid groups (broad SMARTS) is 1. The van der Waals surface area contributed by atoms with Crippen LogP contribution in [0.25, 0.3) is 10.9 Å². The Balaban J connectivity index is 1.18. The molecular formula is C28H26N2O5. The van der Waals surface area contributed by atoms with E-state index >= 15 is 0 Å². The number of ether oxygens (including phenoxy) is 3. The fraction of sp³-hybridized carbons (Fsp3) is 0.214. The molecular weight excluding hydrogens is 444 g/mol. The van der Waals surface area contributed by atoms with Crippen molar-refractivity contribution >= 4 is 22.6 Å². The highest BCUT2D eigenvalue weighted by molar-refractivity contribution is 5.78. The predicted molar refractivity (Wildman–Crippen MR) is 133 cm³/mol. The van der Waals surface area contributed by atoms with Crippen LogP contribution in [0.4, 0.5) is 5.69 Å². The van der Waals surface area contributed by atoms with Gasteiger partial charge in [-0.3, -0.25) is 4.79 Å². The number of carboxylic acids is 1. The van der Waals surface area contributed by atoms with E-state index < -0.39 is 5.97 Å². The molecule has 1 atom stereocenters. The van der Waals surface area contributed by atoms with Crippen LogP contribution in [0.5, 0.6) is 17.2 Å². The van der Waals surface area contributed by atoms with E-state index in [1.807, 2.05) is 84.7 Å². The summed E-state index contributed by atoms with van der Waals surface area (Å²) in [6.45, 7) is 0.760. The minimum absolute atomic E-state index is 0.0572. The van der Waals surface area contributed by atoms with E-state index in [0.29, 0.717) is 31.1 Å². The Hall–Kier alpha value is -4.26. The van der Waals surface area contributed by atoms with Crippen molar-refractivity contribution in [1.82, 2.24) is 4.98 Å². The number of pyridine rings is 1. The van der Waals surface area contributed by atoms with Gasteiger partial charge in [0.25, 0.3) is 0 Å². The Kier molecular flexibility index (Phi) is 6.39. The number of rotatable bonds is 9. The van der Waals surface area contributed by atoms with Gasteiger partial charge in [-0.15, -0.1) is 0 Å². The summed E-state index contributed by atoms with van der Waals surface area (Å²) in [7, 11) is 1.90. The third-order valence-corrected chi connectivity index (χ3v) is 5.96. The van der Waals surface area contributed by atoms with Crippen molar-refractivity contribution in [1.29, 1.82) is 0 Å². The van der Waals surface area contributed by atoms with E-state index in [-0.39, 0.29) is 12.6 Å². The first-order valence-corrected chi connectivity index (χ1v) is 11.5. The first-order chi connectivity index (χ1) is 17.0. The fourth-order valence-electron chi connectivity index (χ4n) is 4.09. The normalized spacial score (nSPS) is 14.4. The number of carbonyl (C=O) groups is 1. The summed E-state index contributed by atoms with van der Waals surface area (Å²) in [5.74, 6) is 1.30. The minimum atomic E-state index is -0.832. The number of nitrogens with zero attached hydrogens (tertiary/aromatic N) is 2. The summed E-state index contributed by atoms with van der Waals surface area (Å²) in [6.07, 6.45) is 0.183. The first kappa shape index (κ1) is 22.5. The van der Waals surface area contributed by atoms with Crippen LogP contribution in [0.15, 0.2) is 78.9 Å². The molecule has 0 saturated carbocycles. The minimum Gasteiger partial charge on any atom is -0.489 e. The zero-order valence-electron chi connectivity index (χ0n) is 19.4. The van der Waals surface area contributed by atoms with Crippen molar-refractivity contribution in [3.63, 3.8) is 0 Å². The molecule has 7 nitrogen and oxygen atoms in total. The second-order valence-electron chi connectivity index (χ2n) is 8.47. The van der Waals surface area contributed by atoms with Crippen molar-refractivity contribution in [2.24, 2.45) is 0 Å². The molecule has 4 aromatic rings. The van der Waals surface area contributed by atoms with Crippen LogP contribution >= 0.6 is 0 Å². The van der Waals surface area contributed by atoms with Gasteiger partial charge in [-0.25, -0.2) is 4.98 Å². The number of aliphatic carboxylic acids is 1. The molecule has 0 bridgehead atoms. The Labute approximate surface area is 203 Å². The lowest BCUT2D eigenvalue weighted by atomic mass is 10.2. The van der Waals surface area contributed by atoms with Crippen LogP contribution in [0.2, 0.25) is 0 Å². The van der Waals surface area contributed by atoms with E-state index in [1.54, 1.807) is 0 Å². The first-order valence-electron chi connectivity index (χ1n) is 11.5. The maximum atomic E-state index is 10.9. The van der Waals surface area contributed by atoms with Gasteiger partial charge in [-0.1, -0.05) is 36.4 Å². The largest absolute Gasteiger partial charge is 0.489 e. The van der Waals surface area contributed by atoms with Gasteiger partial charge in [-0.2, -0.15) is 0 Å². The van der Waals surface area contributed by atoms with Crippen LogP contribution in [0.3, 0.4) is 0 Å². The van der Waals surface area contributed by atoms with Crippen molar-refractivity contribution in [3.8, 4) is 17.2 Å². The van der Waals surface area contributed by atoms with Gasteiger partial charge in [0, 0.05) is 24.9 Å². The van der Waals surface area contributed by atoms with Crippen LogP contribution < -0.4 is 19.1 Å². The van der Waals surface area contributed by atoms with Gasteiger partial charge in [-0.05, 0) is 42.0 Å². The Morgan fingerprint density at radius 3 is 2.69 bits per heavy atom. The third kappa shape index (κ3) is 5.30. The van der Waals surface area contributed by atoms with E-state index in [4.69, 9.17) is 19.3 Å². The summed E-state index contributed by atoms with van der Waals surface area (Å²) >= 11 is 0. The molecule has 35 heavy (non-hydrogen) atoms. The molecule has 3 aromatic carbocycles. The lowest BCUT2D eigenvalue weighted by Crippen LogP contribution is -2.31. The predicted octanol–water partition coefficient (Wildman–Crippen LogP) is 5.41. The second-order valence-corrected chi connectivity index (χ2v) is 8.47. The summed E-state index contributed by atoms with van der Waals surface area (Å²) in [5.41, 5.74) is 3.72. The quantitative estimate of drug-likeness (QED) is 0.350. The zero-order chi connectivity index (χ0) is 24.2. The molecule has 0 amide bonds. The van der Waals surface area contributed by atoms with Crippen LogP contribution in [0, 0.1) is 0 Å². The molecule has 2 heterocycles. The van der Waals surface area contributed by atoms with Gasteiger partial charge >= 0.3 is 5.97 Å². The van der Waals surface area contributed by atoms with Crippen molar-refractivity contribution in [3.05, 3.63) is 90.1 Å². The van der Waals surface area contributed by atoms with Crippen molar-refractivity contribution in [2.45, 2.75) is 32.3 Å². The molecule has 0 aliphatic carbocycles. The Morgan fingerprint density at radius 2 is 1.80 bits per heavy atom. The van der Waals surface area contributed by atoms with E-state index in [1.165, 1.54) is 0 Å². The Bertz CT molecular complexity index is 1360. The number of para-hydroxylation sites is 1. The fourth-order valence-corrected chi connectivity index (χ4v) is 4.09. The number of fused-ring (bicyclic) bond motifs is 2. The molecule has 5 rings (SSSR count). The van der Waals surface area contributed by atoms with Gasteiger partial charge in [0.05, 0.1) is 23.3 Å². The molecule has 178 valence electrons. The van der Waals surface area contributed by atoms with E-state index in [2.05, 4.69) is 11.1 Å². The summed E-state index contributed by atoms with van der Waals surface area (Å²) < 4.78 is 17.9. The molecule has 1 N–H and O–H groups in total. The molecule has 0 radical (unpaired) electrons. The van der Waals surface area contributed by atoms with Crippen LogP contribution in [-0.4, -0.2) is 29.3 Å². The average Bonchev–Trinajstić information content (AvgIpc) is 3.19. The molecule has 1 aromatic heterocycles. The third-order valence-electron chi connectivity index (χ3n) is 5.96. The lowest BCUT2D eigenvalue weighted by molar-refractivity contribution is -0.137. The molecule has 0 spiro atoms. The van der Waals surface area contributed by atoms with Crippen LogP contribution in [0.1, 0.15) is 24.1 Å². The maximum Gasteiger partial charge on any atom is 0.303 e. The van der Waals surface area contributed by atoms with Gasteiger partial charge in [0.15, 0.2) is 6.23 Å². The zero-order valence-corrected chi connectivity index (χ0v) is 19.4. The highest BCUT2D eigenvalue weighted by Gasteiger charge is 2.28. The van der Waals surface area contributed by atoms with Crippen molar-refractivity contribution in [2.75, 3.05) is 11.9 Å². The van der Waals surface area contributed by atoms with E-state index in [0.717, 1.165) is 33.6 Å². The number of aromatic nitrogens is 1. The van der Waals surface area contributed by atoms with Gasteiger partial charge < -0.3 is 24.2 Å². The second kappa shape index (κ2) is 9.93. The summed E-state index contributed by atoms with van der Waals surface area (Å²) in [5, 5.41) is 10.0. The number of hydrogen-bond donors (Lipinski definition) is 1. The van der Waals surface area contributed by atoms with E-state index in [9.17, 15) is 4.79 Å². The summed E-state index contributed by atoms with van der Waals surface area (Å²) in [4.78, 5) is 17.5. The highest BCUT2D eigenvalue weighted by Crippen LogP contribution is 2.40. The average molecular weight is 471 g/mol.